The van der Waals surface area contributed by atoms with E-state index in [0.29, 0.717) is 32.3 Å². The van der Waals surface area contributed by atoms with Gasteiger partial charge in [0, 0.05) is 12.5 Å². The van der Waals surface area contributed by atoms with E-state index < -0.39 is 5.97 Å². The Bertz CT molecular complexity index is 536. The van der Waals surface area contributed by atoms with E-state index in [2.05, 4.69) is 5.32 Å². The Hall–Kier alpha value is -2.04. The molecule has 5 heteroatoms. The first-order valence-corrected chi connectivity index (χ1v) is 8.27. The smallest absolute Gasteiger partial charge is 0.306 e. The largest absolute Gasteiger partial charge is 0.493 e. The molecular weight excluding hydrogens is 294 g/mol. The predicted molar refractivity (Wildman–Crippen MR) is 87.4 cm³/mol. The van der Waals surface area contributed by atoms with Crippen LogP contribution in [0.15, 0.2) is 24.3 Å². The first-order valence-electron chi connectivity index (χ1n) is 8.27. The van der Waals surface area contributed by atoms with Crippen LogP contribution in [0.25, 0.3) is 0 Å². The summed E-state index contributed by atoms with van der Waals surface area (Å²) in [4.78, 5) is 22.8. The third kappa shape index (κ3) is 5.58. The maximum atomic E-state index is 11.9. The average Bonchev–Trinajstić information content (AvgIpc) is 2.53. The van der Waals surface area contributed by atoms with Crippen LogP contribution in [0.2, 0.25) is 0 Å². The highest BCUT2D eigenvalue weighted by molar-refractivity contribution is 5.76. The fourth-order valence-corrected chi connectivity index (χ4v) is 2.92. The number of aryl methyl sites for hydroxylation is 1. The molecule has 0 aliphatic heterocycles. The lowest BCUT2D eigenvalue weighted by molar-refractivity contribution is -0.142. The van der Waals surface area contributed by atoms with Gasteiger partial charge in [-0.25, -0.2) is 0 Å². The fraction of sp³-hybridized carbons (Fsp3) is 0.556. The zero-order valence-electron chi connectivity index (χ0n) is 13.6. The van der Waals surface area contributed by atoms with Crippen molar-refractivity contribution in [2.75, 3.05) is 6.61 Å². The quantitative estimate of drug-likeness (QED) is 0.758. The molecule has 1 aromatic rings. The van der Waals surface area contributed by atoms with Crippen LogP contribution in [0.5, 0.6) is 5.75 Å². The molecule has 1 saturated carbocycles. The van der Waals surface area contributed by atoms with Crippen LogP contribution >= 0.6 is 0 Å². The van der Waals surface area contributed by atoms with Crippen LogP contribution in [-0.4, -0.2) is 29.6 Å². The summed E-state index contributed by atoms with van der Waals surface area (Å²) in [6.45, 7) is 2.51. The van der Waals surface area contributed by atoms with Gasteiger partial charge in [-0.15, -0.1) is 0 Å². The van der Waals surface area contributed by atoms with Crippen molar-refractivity contribution in [2.24, 2.45) is 5.92 Å². The molecule has 1 aromatic carbocycles. The predicted octanol–water partition coefficient (Wildman–Crippen LogP) is 2.91. The first kappa shape index (κ1) is 17.3. The van der Waals surface area contributed by atoms with Crippen molar-refractivity contribution in [2.45, 2.75) is 51.5 Å². The summed E-state index contributed by atoms with van der Waals surface area (Å²) in [5.74, 6) is -0.0779. The highest BCUT2D eigenvalue weighted by Gasteiger charge is 2.26. The van der Waals surface area contributed by atoms with Gasteiger partial charge >= 0.3 is 5.97 Å². The number of rotatable bonds is 7. The highest BCUT2D eigenvalue weighted by Crippen LogP contribution is 2.24. The molecular formula is C18H25NO4. The Morgan fingerprint density at radius 2 is 1.91 bits per heavy atom. The number of carbonyl (C=O) groups is 2. The summed E-state index contributed by atoms with van der Waals surface area (Å²) in [6.07, 6.45) is 3.91. The lowest BCUT2D eigenvalue weighted by Gasteiger charge is -2.26. The third-order valence-electron chi connectivity index (χ3n) is 4.34. The number of amides is 1. The van der Waals surface area contributed by atoms with Gasteiger partial charge in [0.2, 0.25) is 5.91 Å². The van der Waals surface area contributed by atoms with Crippen molar-refractivity contribution in [3.63, 3.8) is 0 Å². The van der Waals surface area contributed by atoms with Gasteiger partial charge in [-0.1, -0.05) is 18.2 Å². The van der Waals surface area contributed by atoms with Crippen molar-refractivity contribution in [1.29, 1.82) is 0 Å². The van der Waals surface area contributed by atoms with Gasteiger partial charge in [-0.05, 0) is 50.7 Å². The maximum absolute atomic E-state index is 11.9. The number of carboxylic acid groups (broad SMARTS) is 1. The number of aliphatic carboxylic acids is 1. The highest BCUT2D eigenvalue weighted by atomic mass is 16.5. The number of hydrogen-bond donors (Lipinski definition) is 2. The van der Waals surface area contributed by atoms with Crippen molar-refractivity contribution < 1.29 is 19.4 Å². The van der Waals surface area contributed by atoms with Gasteiger partial charge in [-0.3, -0.25) is 9.59 Å². The molecule has 0 bridgehead atoms. The standard InChI is InChI=1S/C18H25NO4/c1-13-5-2-3-6-16(13)23-12-4-7-17(20)19-15-10-8-14(9-11-15)18(21)22/h2-3,5-6,14-15H,4,7-12H2,1H3,(H,19,20)(H,21,22). The minimum Gasteiger partial charge on any atom is -0.493 e. The topological polar surface area (TPSA) is 75.6 Å². The minimum atomic E-state index is -0.719. The van der Waals surface area contributed by atoms with Crippen LogP contribution in [0.4, 0.5) is 0 Å². The van der Waals surface area contributed by atoms with Gasteiger partial charge < -0.3 is 15.2 Å². The Kier molecular flexibility index (Phi) is 6.44. The van der Waals surface area contributed by atoms with E-state index in [1.54, 1.807) is 0 Å². The van der Waals surface area contributed by atoms with Gasteiger partial charge in [0.05, 0.1) is 12.5 Å². The summed E-state index contributed by atoms with van der Waals surface area (Å²) in [5.41, 5.74) is 1.09. The number of hydrogen-bond acceptors (Lipinski definition) is 3. The number of ether oxygens (including phenoxy) is 1. The van der Waals surface area contributed by atoms with E-state index in [-0.39, 0.29) is 17.9 Å². The summed E-state index contributed by atoms with van der Waals surface area (Å²) < 4.78 is 5.67. The molecule has 1 amide bonds. The molecule has 1 aliphatic rings. The molecule has 0 unspecified atom stereocenters. The SMILES string of the molecule is Cc1ccccc1OCCCC(=O)NC1CCC(C(=O)O)CC1. The lowest BCUT2D eigenvalue weighted by atomic mass is 9.86. The van der Waals surface area contributed by atoms with Crippen molar-refractivity contribution in [1.82, 2.24) is 5.32 Å². The second kappa shape index (κ2) is 8.56. The number of carbonyl (C=O) groups excluding carboxylic acids is 1. The molecule has 0 saturated heterocycles. The van der Waals surface area contributed by atoms with E-state index >= 15 is 0 Å². The van der Waals surface area contributed by atoms with Crippen molar-refractivity contribution in [3.05, 3.63) is 29.8 Å². The maximum Gasteiger partial charge on any atom is 0.306 e. The van der Waals surface area contributed by atoms with E-state index in [1.165, 1.54) is 0 Å². The molecule has 1 aliphatic carbocycles. The Morgan fingerprint density at radius 1 is 1.22 bits per heavy atom. The van der Waals surface area contributed by atoms with E-state index in [1.807, 2.05) is 31.2 Å². The second-order valence-corrected chi connectivity index (χ2v) is 6.17. The first-order chi connectivity index (χ1) is 11.1. The molecule has 0 radical (unpaired) electrons. The summed E-state index contributed by atoms with van der Waals surface area (Å²) >= 11 is 0. The zero-order valence-corrected chi connectivity index (χ0v) is 13.6. The molecule has 5 nitrogen and oxygen atoms in total. The number of para-hydroxylation sites is 1. The van der Waals surface area contributed by atoms with Crippen molar-refractivity contribution >= 4 is 11.9 Å². The van der Waals surface area contributed by atoms with Crippen LogP contribution < -0.4 is 10.1 Å². The normalized spacial score (nSPS) is 20.7. The second-order valence-electron chi connectivity index (χ2n) is 6.17. The average molecular weight is 319 g/mol. The van der Waals surface area contributed by atoms with Crippen LogP contribution in [-0.2, 0) is 9.59 Å². The molecule has 23 heavy (non-hydrogen) atoms. The Labute approximate surface area is 137 Å². The third-order valence-corrected chi connectivity index (χ3v) is 4.34. The van der Waals surface area contributed by atoms with Gasteiger partial charge in [0.25, 0.3) is 0 Å². The summed E-state index contributed by atoms with van der Waals surface area (Å²) in [6, 6.07) is 7.94. The zero-order chi connectivity index (χ0) is 16.7. The van der Waals surface area contributed by atoms with Gasteiger partial charge in [0.15, 0.2) is 0 Å². The lowest BCUT2D eigenvalue weighted by Crippen LogP contribution is -2.38. The molecule has 1 fully saturated rings. The number of nitrogens with one attached hydrogen (secondary N) is 1. The van der Waals surface area contributed by atoms with E-state index in [9.17, 15) is 9.59 Å². The van der Waals surface area contributed by atoms with Crippen molar-refractivity contribution in [3.8, 4) is 5.75 Å². The van der Waals surface area contributed by atoms with Crippen LogP contribution in [0, 0.1) is 12.8 Å². The molecule has 0 atom stereocenters. The minimum absolute atomic E-state index is 0.0251. The monoisotopic (exact) mass is 319 g/mol. The van der Waals surface area contributed by atoms with Gasteiger partial charge in [-0.2, -0.15) is 0 Å². The molecule has 2 rings (SSSR count). The Balaban J connectivity index is 1.61. The van der Waals surface area contributed by atoms with Crippen LogP contribution in [0.1, 0.15) is 44.1 Å². The van der Waals surface area contributed by atoms with E-state index in [4.69, 9.17) is 9.84 Å². The molecule has 126 valence electrons. The van der Waals surface area contributed by atoms with Gasteiger partial charge in [0.1, 0.15) is 5.75 Å². The molecule has 0 spiro atoms. The van der Waals surface area contributed by atoms with E-state index in [0.717, 1.165) is 24.2 Å². The number of carboxylic acids is 1. The van der Waals surface area contributed by atoms with Crippen LogP contribution in [0.3, 0.4) is 0 Å². The molecule has 0 aromatic heterocycles. The number of benzene rings is 1. The fourth-order valence-electron chi connectivity index (χ4n) is 2.92. The Morgan fingerprint density at radius 3 is 2.57 bits per heavy atom. The molecule has 2 N–H and O–H groups in total. The summed E-state index contributed by atoms with van der Waals surface area (Å²) in [5, 5.41) is 12.0. The summed E-state index contributed by atoms with van der Waals surface area (Å²) in [7, 11) is 0. The molecule has 0 heterocycles.